The van der Waals surface area contributed by atoms with E-state index in [-0.39, 0.29) is 5.91 Å². The van der Waals surface area contributed by atoms with Gasteiger partial charge in [-0.25, -0.2) is 4.79 Å². The average Bonchev–Trinajstić information content (AvgIpc) is 2.93. The van der Waals surface area contributed by atoms with Gasteiger partial charge in [-0.3, -0.25) is 4.79 Å². The molecule has 1 saturated heterocycles. The third kappa shape index (κ3) is 2.27. The second-order valence-corrected chi connectivity index (χ2v) is 5.80. The predicted molar refractivity (Wildman–Crippen MR) is 70.1 cm³/mol. The third-order valence-corrected chi connectivity index (χ3v) is 4.49. The molecule has 1 atom stereocenters. The van der Waals surface area contributed by atoms with E-state index in [1.165, 1.54) is 21.8 Å². The summed E-state index contributed by atoms with van der Waals surface area (Å²) in [6, 6.07) is 1.25. The van der Waals surface area contributed by atoms with Crippen molar-refractivity contribution < 1.29 is 14.7 Å². The maximum absolute atomic E-state index is 12.3. The van der Waals surface area contributed by atoms with Crippen molar-refractivity contribution in [3.05, 3.63) is 21.4 Å². The van der Waals surface area contributed by atoms with E-state index >= 15 is 0 Å². The van der Waals surface area contributed by atoms with E-state index < -0.39 is 12.0 Å². The Kier molecular flexibility index (Phi) is 3.71. The number of carbonyl (C=O) groups excluding carboxylic acids is 1. The van der Waals surface area contributed by atoms with Crippen LogP contribution in [0.5, 0.6) is 0 Å². The van der Waals surface area contributed by atoms with Crippen LogP contribution in [0.4, 0.5) is 0 Å². The number of nitrogens with zero attached hydrogens (tertiary/aromatic N) is 1. The molecule has 5 heteroatoms. The highest BCUT2D eigenvalue weighted by Gasteiger charge is 2.35. The lowest BCUT2D eigenvalue weighted by molar-refractivity contribution is -0.141. The molecule has 4 nitrogen and oxygen atoms in total. The third-order valence-electron chi connectivity index (χ3n) is 3.41. The van der Waals surface area contributed by atoms with Crippen molar-refractivity contribution >= 4 is 23.2 Å². The summed E-state index contributed by atoms with van der Waals surface area (Å²) < 4.78 is 0. The summed E-state index contributed by atoms with van der Waals surface area (Å²) in [5, 5.41) is 9.09. The van der Waals surface area contributed by atoms with Gasteiger partial charge in [0.1, 0.15) is 6.04 Å². The lowest BCUT2D eigenvalue weighted by atomic mass is 10.2. The molecular formula is C13H17NO3S. The van der Waals surface area contributed by atoms with Gasteiger partial charge in [0.05, 0.1) is 4.88 Å². The minimum absolute atomic E-state index is 0.132. The molecule has 98 valence electrons. The molecule has 1 unspecified atom stereocenters. The van der Waals surface area contributed by atoms with Crippen molar-refractivity contribution in [2.45, 2.75) is 39.2 Å². The van der Waals surface area contributed by atoms with Crippen LogP contribution in [-0.2, 0) is 11.2 Å². The van der Waals surface area contributed by atoms with Gasteiger partial charge in [0.2, 0.25) is 0 Å². The Morgan fingerprint density at radius 1 is 1.56 bits per heavy atom. The smallest absolute Gasteiger partial charge is 0.326 e. The number of rotatable bonds is 3. The molecule has 0 bridgehead atoms. The standard InChI is InChI=1S/C13H17NO3S/c1-3-9-7-11(18-8(9)2)12(15)14-6-4-5-10(14)13(16)17/h7,10H,3-6H2,1-2H3,(H,16,17). The first-order valence-corrected chi connectivity index (χ1v) is 6.99. The zero-order valence-corrected chi connectivity index (χ0v) is 11.4. The highest BCUT2D eigenvalue weighted by molar-refractivity contribution is 7.14. The molecule has 1 amide bonds. The number of carbonyl (C=O) groups is 2. The second kappa shape index (κ2) is 5.10. The maximum atomic E-state index is 12.3. The largest absolute Gasteiger partial charge is 0.480 e. The molecule has 1 fully saturated rings. The first-order chi connectivity index (χ1) is 8.54. The predicted octanol–water partition coefficient (Wildman–Crippen LogP) is 2.31. The fourth-order valence-electron chi connectivity index (χ4n) is 2.38. The monoisotopic (exact) mass is 267 g/mol. The van der Waals surface area contributed by atoms with Gasteiger partial charge < -0.3 is 10.0 Å². The number of likely N-dealkylation sites (tertiary alicyclic amines) is 1. The van der Waals surface area contributed by atoms with Gasteiger partial charge in [-0.05, 0) is 37.8 Å². The van der Waals surface area contributed by atoms with Crippen LogP contribution in [-0.4, -0.2) is 34.5 Å². The van der Waals surface area contributed by atoms with E-state index in [0.29, 0.717) is 17.8 Å². The lowest BCUT2D eigenvalue weighted by Gasteiger charge is -2.20. The van der Waals surface area contributed by atoms with Crippen LogP contribution in [0.1, 0.15) is 39.9 Å². The van der Waals surface area contributed by atoms with Crippen molar-refractivity contribution in [3.8, 4) is 0 Å². The van der Waals surface area contributed by atoms with Gasteiger partial charge in [-0.2, -0.15) is 0 Å². The highest BCUT2D eigenvalue weighted by atomic mass is 32.1. The Morgan fingerprint density at radius 2 is 2.28 bits per heavy atom. The van der Waals surface area contributed by atoms with E-state index in [1.54, 1.807) is 0 Å². The summed E-state index contributed by atoms with van der Waals surface area (Å²) in [5.74, 6) is -1.03. The molecule has 2 heterocycles. The Bertz CT molecular complexity index is 481. The van der Waals surface area contributed by atoms with Crippen molar-refractivity contribution in [2.24, 2.45) is 0 Å². The average molecular weight is 267 g/mol. The zero-order chi connectivity index (χ0) is 13.3. The minimum Gasteiger partial charge on any atom is -0.480 e. The van der Waals surface area contributed by atoms with Crippen molar-refractivity contribution in [3.63, 3.8) is 0 Å². The quantitative estimate of drug-likeness (QED) is 0.914. The first kappa shape index (κ1) is 13.1. The summed E-state index contributed by atoms with van der Waals surface area (Å²) >= 11 is 1.46. The van der Waals surface area contributed by atoms with Gasteiger partial charge in [0, 0.05) is 11.4 Å². The zero-order valence-electron chi connectivity index (χ0n) is 10.6. The van der Waals surface area contributed by atoms with E-state index in [4.69, 9.17) is 5.11 Å². The van der Waals surface area contributed by atoms with Gasteiger partial charge >= 0.3 is 5.97 Å². The molecule has 0 aromatic carbocycles. The van der Waals surface area contributed by atoms with Crippen LogP contribution >= 0.6 is 11.3 Å². The Balaban J connectivity index is 2.22. The fourth-order valence-corrected chi connectivity index (χ4v) is 3.45. The summed E-state index contributed by atoms with van der Waals surface area (Å²) in [7, 11) is 0. The van der Waals surface area contributed by atoms with Gasteiger partial charge in [0.15, 0.2) is 0 Å². The van der Waals surface area contributed by atoms with Gasteiger partial charge in [-0.15, -0.1) is 11.3 Å². The van der Waals surface area contributed by atoms with Crippen molar-refractivity contribution in [1.29, 1.82) is 0 Å². The number of thiophene rings is 1. The normalized spacial score (nSPS) is 19.2. The van der Waals surface area contributed by atoms with Crippen molar-refractivity contribution in [1.82, 2.24) is 4.90 Å². The van der Waals surface area contributed by atoms with E-state index in [2.05, 4.69) is 6.92 Å². The summed E-state index contributed by atoms with van der Waals surface area (Å²) in [6.45, 7) is 4.60. The molecule has 1 aliphatic heterocycles. The molecule has 0 radical (unpaired) electrons. The number of hydrogen-bond donors (Lipinski definition) is 1. The maximum Gasteiger partial charge on any atom is 0.326 e. The first-order valence-electron chi connectivity index (χ1n) is 6.17. The van der Waals surface area contributed by atoms with Crippen LogP contribution in [0, 0.1) is 6.92 Å². The number of aliphatic carboxylic acids is 1. The van der Waals surface area contributed by atoms with E-state index in [0.717, 1.165) is 17.7 Å². The number of amides is 1. The summed E-state index contributed by atoms with van der Waals surface area (Å²) in [6.07, 6.45) is 2.23. The topological polar surface area (TPSA) is 57.6 Å². The molecule has 2 rings (SSSR count). The number of aryl methyl sites for hydroxylation is 2. The SMILES string of the molecule is CCc1cc(C(=O)N2CCCC2C(=O)O)sc1C. The van der Waals surface area contributed by atoms with Gasteiger partial charge in [-0.1, -0.05) is 6.92 Å². The molecule has 1 aromatic rings. The van der Waals surface area contributed by atoms with Crippen LogP contribution in [0.3, 0.4) is 0 Å². The molecule has 1 aliphatic rings. The number of carboxylic acid groups (broad SMARTS) is 1. The van der Waals surface area contributed by atoms with Gasteiger partial charge in [0.25, 0.3) is 5.91 Å². The van der Waals surface area contributed by atoms with Crippen LogP contribution < -0.4 is 0 Å². The van der Waals surface area contributed by atoms with Crippen molar-refractivity contribution in [2.75, 3.05) is 6.54 Å². The molecule has 0 spiro atoms. The Labute approximate surface area is 110 Å². The van der Waals surface area contributed by atoms with Crippen LogP contribution in [0.15, 0.2) is 6.07 Å². The summed E-state index contributed by atoms with van der Waals surface area (Å²) in [4.78, 5) is 26.7. The van der Waals surface area contributed by atoms with E-state index in [1.807, 2.05) is 13.0 Å². The lowest BCUT2D eigenvalue weighted by Crippen LogP contribution is -2.40. The number of carboxylic acids is 1. The molecule has 0 aliphatic carbocycles. The molecular weight excluding hydrogens is 250 g/mol. The number of hydrogen-bond acceptors (Lipinski definition) is 3. The fraction of sp³-hybridized carbons (Fsp3) is 0.538. The Hall–Kier alpha value is -1.36. The van der Waals surface area contributed by atoms with Crippen LogP contribution in [0.2, 0.25) is 0 Å². The molecule has 18 heavy (non-hydrogen) atoms. The minimum atomic E-state index is -0.898. The Morgan fingerprint density at radius 3 is 2.83 bits per heavy atom. The van der Waals surface area contributed by atoms with E-state index in [9.17, 15) is 9.59 Å². The summed E-state index contributed by atoms with van der Waals surface area (Å²) in [5.41, 5.74) is 1.18. The highest BCUT2D eigenvalue weighted by Crippen LogP contribution is 2.26. The molecule has 0 saturated carbocycles. The molecule has 1 N–H and O–H groups in total. The molecule has 1 aromatic heterocycles. The van der Waals surface area contributed by atoms with Crippen LogP contribution in [0.25, 0.3) is 0 Å². The second-order valence-electron chi connectivity index (χ2n) is 4.54.